The number of amides is 1. The van der Waals surface area contributed by atoms with Crippen LogP contribution in [0.1, 0.15) is 16.1 Å². The second kappa shape index (κ2) is 5.39. The summed E-state index contributed by atoms with van der Waals surface area (Å²) in [6, 6.07) is 8.70. The molecule has 3 N–H and O–H groups in total. The molecule has 1 aromatic carbocycles. The average molecular weight is 257 g/mol. The number of benzene rings is 1. The van der Waals surface area contributed by atoms with Gasteiger partial charge in [0.25, 0.3) is 5.91 Å². The number of carbonyl (C=O) groups is 1. The van der Waals surface area contributed by atoms with Crippen LogP contribution in [0.25, 0.3) is 0 Å². The molecule has 1 amide bonds. The lowest BCUT2D eigenvalue weighted by molar-refractivity contribution is 0.102. The number of ether oxygens (including phenoxy) is 1. The summed E-state index contributed by atoms with van der Waals surface area (Å²) in [4.78, 5) is 16.1. The Morgan fingerprint density at radius 1 is 1.37 bits per heavy atom. The van der Waals surface area contributed by atoms with Crippen LogP contribution < -0.4 is 15.8 Å². The predicted molar refractivity (Wildman–Crippen MR) is 74.3 cm³/mol. The Kier molecular flexibility index (Phi) is 3.66. The first kappa shape index (κ1) is 12.9. The fourth-order valence-electron chi connectivity index (χ4n) is 1.69. The van der Waals surface area contributed by atoms with Crippen molar-refractivity contribution < 1.29 is 9.53 Å². The first-order valence-electron chi connectivity index (χ1n) is 5.78. The van der Waals surface area contributed by atoms with E-state index in [-0.39, 0.29) is 5.91 Å². The van der Waals surface area contributed by atoms with Crippen LogP contribution in [0.3, 0.4) is 0 Å². The van der Waals surface area contributed by atoms with Crippen LogP contribution in [0.2, 0.25) is 0 Å². The fourth-order valence-corrected chi connectivity index (χ4v) is 1.69. The van der Waals surface area contributed by atoms with Gasteiger partial charge in [0.2, 0.25) is 0 Å². The summed E-state index contributed by atoms with van der Waals surface area (Å²) in [5, 5.41) is 2.74. The Bertz CT molecular complexity index is 611. The van der Waals surface area contributed by atoms with Crippen LogP contribution in [0.4, 0.5) is 11.4 Å². The zero-order valence-corrected chi connectivity index (χ0v) is 10.8. The zero-order chi connectivity index (χ0) is 13.8. The number of anilines is 2. The number of rotatable bonds is 3. The maximum absolute atomic E-state index is 12.1. The molecule has 0 fully saturated rings. The van der Waals surface area contributed by atoms with Crippen molar-refractivity contribution in [3.05, 3.63) is 47.8 Å². The summed E-state index contributed by atoms with van der Waals surface area (Å²) in [7, 11) is 1.56. The summed E-state index contributed by atoms with van der Waals surface area (Å²) in [5.41, 5.74) is 8.03. The highest BCUT2D eigenvalue weighted by Gasteiger charge is 2.11. The number of methoxy groups -OCH3 is 1. The summed E-state index contributed by atoms with van der Waals surface area (Å²) < 4.78 is 5.05. The third-order valence-electron chi connectivity index (χ3n) is 2.73. The van der Waals surface area contributed by atoms with E-state index >= 15 is 0 Å². The van der Waals surface area contributed by atoms with Crippen molar-refractivity contribution >= 4 is 17.3 Å². The van der Waals surface area contributed by atoms with Gasteiger partial charge in [0.1, 0.15) is 11.4 Å². The van der Waals surface area contributed by atoms with Crippen molar-refractivity contribution in [2.24, 2.45) is 0 Å². The summed E-state index contributed by atoms with van der Waals surface area (Å²) in [6.07, 6.45) is 1.58. The number of pyridine rings is 1. The topological polar surface area (TPSA) is 77.2 Å². The van der Waals surface area contributed by atoms with Gasteiger partial charge >= 0.3 is 0 Å². The number of nitrogens with zero attached hydrogens (tertiary/aromatic N) is 1. The van der Waals surface area contributed by atoms with Crippen molar-refractivity contribution in [2.75, 3.05) is 18.2 Å². The van der Waals surface area contributed by atoms with Gasteiger partial charge in [-0.2, -0.15) is 0 Å². The highest BCUT2D eigenvalue weighted by atomic mass is 16.5. The van der Waals surface area contributed by atoms with Crippen LogP contribution in [0.5, 0.6) is 5.75 Å². The SMILES string of the molecule is COc1ccc(NC(=O)c2ncccc2C)c(N)c1. The normalized spacial score (nSPS) is 10.0. The fraction of sp³-hybridized carbons (Fsp3) is 0.143. The number of nitrogens with one attached hydrogen (secondary N) is 1. The predicted octanol–water partition coefficient (Wildman–Crippen LogP) is 2.23. The number of carbonyl (C=O) groups excluding carboxylic acids is 1. The summed E-state index contributed by atoms with van der Waals surface area (Å²) in [6.45, 7) is 1.83. The van der Waals surface area contributed by atoms with Gasteiger partial charge in [-0.3, -0.25) is 9.78 Å². The summed E-state index contributed by atoms with van der Waals surface area (Å²) >= 11 is 0. The van der Waals surface area contributed by atoms with E-state index in [0.717, 1.165) is 5.56 Å². The van der Waals surface area contributed by atoms with E-state index in [1.54, 1.807) is 37.6 Å². The molecule has 0 spiro atoms. The van der Waals surface area contributed by atoms with E-state index in [0.29, 0.717) is 22.8 Å². The largest absolute Gasteiger partial charge is 0.497 e. The molecule has 0 atom stereocenters. The molecule has 0 radical (unpaired) electrons. The molecule has 98 valence electrons. The molecule has 0 aliphatic rings. The van der Waals surface area contributed by atoms with E-state index in [9.17, 15) is 4.79 Å². The monoisotopic (exact) mass is 257 g/mol. The number of hydrogen-bond acceptors (Lipinski definition) is 4. The van der Waals surface area contributed by atoms with Gasteiger partial charge in [-0.1, -0.05) is 6.07 Å². The number of aryl methyl sites for hydroxylation is 1. The standard InChI is InChI=1S/C14H15N3O2/c1-9-4-3-7-16-13(9)14(18)17-12-6-5-10(19-2)8-11(12)15/h3-8H,15H2,1-2H3,(H,17,18). The molecule has 1 aromatic heterocycles. The molecular formula is C14H15N3O2. The van der Waals surface area contributed by atoms with E-state index in [1.807, 2.05) is 13.0 Å². The number of nitrogens with two attached hydrogens (primary N) is 1. The van der Waals surface area contributed by atoms with Crippen molar-refractivity contribution in [3.63, 3.8) is 0 Å². The Hall–Kier alpha value is -2.56. The molecule has 0 aliphatic carbocycles. The number of aromatic nitrogens is 1. The van der Waals surface area contributed by atoms with Crippen LogP contribution >= 0.6 is 0 Å². The Morgan fingerprint density at radius 2 is 2.16 bits per heavy atom. The van der Waals surface area contributed by atoms with E-state index in [2.05, 4.69) is 10.3 Å². The third-order valence-corrected chi connectivity index (χ3v) is 2.73. The van der Waals surface area contributed by atoms with Gasteiger partial charge in [-0.25, -0.2) is 0 Å². The lowest BCUT2D eigenvalue weighted by atomic mass is 10.2. The highest BCUT2D eigenvalue weighted by Crippen LogP contribution is 2.24. The molecule has 1 heterocycles. The minimum Gasteiger partial charge on any atom is -0.497 e. The van der Waals surface area contributed by atoms with Crippen LogP contribution in [-0.2, 0) is 0 Å². The molecule has 0 unspecified atom stereocenters. The Morgan fingerprint density at radius 3 is 2.79 bits per heavy atom. The van der Waals surface area contributed by atoms with Gasteiger partial charge in [0.05, 0.1) is 18.5 Å². The van der Waals surface area contributed by atoms with Crippen LogP contribution in [0, 0.1) is 6.92 Å². The van der Waals surface area contributed by atoms with Crippen LogP contribution in [-0.4, -0.2) is 18.0 Å². The molecule has 2 aromatic rings. The van der Waals surface area contributed by atoms with Crippen LogP contribution in [0.15, 0.2) is 36.5 Å². The van der Waals surface area contributed by atoms with Crippen molar-refractivity contribution in [2.45, 2.75) is 6.92 Å². The highest BCUT2D eigenvalue weighted by molar-refractivity contribution is 6.05. The Balaban J connectivity index is 2.22. The molecule has 0 saturated heterocycles. The second-order valence-corrected chi connectivity index (χ2v) is 4.08. The van der Waals surface area contributed by atoms with Gasteiger partial charge in [0.15, 0.2) is 0 Å². The van der Waals surface area contributed by atoms with Gasteiger partial charge in [0, 0.05) is 12.3 Å². The maximum atomic E-state index is 12.1. The maximum Gasteiger partial charge on any atom is 0.274 e. The number of hydrogen-bond donors (Lipinski definition) is 2. The van der Waals surface area contributed by atoms with Gasteiger partial charge < -0.3 is 15.8 Å². The minimum absolute atomic E-state index is 0.282. The first-order chi connectivity index (χ1) is 9.11. The molecule has 0 saturated carbocycles. The molecular weight excluding hydrogens is 242 g/mol. The zero-order valence-electron chi connectivity index (χ0n) is 10.8. The quantitative estimate of drug-likeness (QED) is 0.827. The van der Waals surface area contributed by atoms with Gasteiger partial charge in [-0.05, 0) is 30.7 Å². The molecule has 5 nitrogen and oxygen atoms in total. The number of nitrogen functional groups attached to an aromatic ring is 1. The first-order valence-corrected chi connectivity index (χ1v) is 5.78. The van der Waals surface area contributed by atoms with Crippen molar-refractivity contribution in [1.29, 1.82) is 0 Å². The van der Waals surface area contributed by atoms with E-state index in [4.69, 9.17) is 10.5 Å². The minimum atomic E-state index is -0.282. The molecule has 0 aliphatic heterocycles. The molecule has 5 heteroatoms. The lowest BCUT2D eigenvalue weighted by Gasteiger charge is -2.10. The van der Waals surface area contributed by atoms with Crippen molar-refractivity contribution in [1.82, 2.24) is 4.98 Å². The Labute approximate surface area is 111 Å². The molecule has 0 bridgehead atoms. The summed E-state index contributed by atoms with van der Waals surface area (Å²) in [5.74, 6) is 0.361. The molecule has 2 rings (SSSR count). The second-order valence-electron chi connectivity index (χ2n) is 4.08. The lowest BCUT2D eigenvalue weighted by Crippen LogP contribution is -2.16. The third kappa shape index (κ3) is 2.82. The van der Waals surface area contributed by atoms with E-state index < -0.39 is 0 Å². The van der Waals surface area contributed by atoms with E-state index in [1.165, 1.54) is 0 Å². The molecule has 19 heavy (non-hydrogen) atoms. The smallest absolute Gasteiger partial charge is 0.274 e. The van der Waals surface area contributed by atoms with Gasteiger partial charge in [-0.15, -0.1) is 0 Å². The van der Waals surface area contributed by atoms with Crippen molar-refractivity contribution in [3.8, 4) is 5.75 Å². The average Bonchev–Trinajstić information content (AvgIpc) is 2.41.